The molecule has 1 aliphatic carbocycles. The second-order valence-electron chi connectivity index (χ2n) is 8.11. The van der Waals surface area contributed by atoms with Crippen molar-refractivity contribution < 1.29 is 5.11 Å². The number of hydrogen-bond acceptors (Lipinski definition) is 3. The van der Waals surface area contributed by atoms with E-state index >= 15 is 0 Å². The Bertz CT molecular complexity index is 713. The third-order valence-corrected chi connectivity index (χ3v) is 6.36. The molecule has 0 radical (unpaired) electrons. The van der Waals surface area contributed by atoms with Gasteiger partial charge in [-0.15, -0.1) is 0 Å². The first-order valence-electron chi connectivity index (χ1n) is 10.6. The summed E-state index contributed by atoms with van der Waals surface area (Å²) in [4.78, 5) is 5.33. The molecule has 2 aliphatic rings. The van der Waals surface area contributed by atoms with Gasteiger partial charge in [0, 0.05) is 37.9 Å². The van der Waals surface area contributed by atoms with E-state index in [0.29, 0.717) is 5.75 Å². The van der Waals surface area contributed by atoms with E-state index in [9.17, 15) is 5.11 Å². The van der Waals surface area contributed by atoms with Gasteiger partial charge in [0.15, 0.2) is 0 Å². The first-order valence-corrected chi connectivity index (χ1v) is 10.6. The van der Waals surface area contributed by atoms with Gasteiger partial charge in [0.05, 0.1) is 0 Å². The van der Waals surface area contributed by atoms with Crippen LogP contribution in [-0.4, -0.2) is 42.2 Å². The predicted octanol–water partition coefficient (Wildman–Crippen LogP) is 4.63. The largest absolute Gasteiger partial charge is 0.508 e. The van der Waals surface area contributed by atoms with Gasteiger partial charge in [0.25, 0.3) is 0 Å². The summed E-state index contributed by atoms with van der Waals surface area (Å²) in [7, 11) is 0. The Morgan fingerprint density at radius 2 is 1.48 bits per heavy atom. The molecule has 3 nitrogen and oxygen atoms in total. The lowest BCUT2D eigenvalue weighted by molar-refractivity contribution is 0.148. The maximum Gasteiger partial charge on any atom is 0.115 e. The number of aryl methyl sites for hydroxylation is 2. The number of rotatable bonds is 5. The molecule has 1 saturated heterocycles. The molecule has 1 N–H and O–H groups in total. The van der Waals surface area contributed by atoms with Gasteiger partial charge in [-0.1, -0.05) is 49.6 Å². The summed E-state index contributed by atoms with van der Waals surface area (Å²) < 4.78 is 0. The zero-order valence-electron chi connectivity index (χ0n) is 16.3. The van der Waals surface area contributed by atoms with Gasteiger partial charge in [0.2, 0.25) is 0 Å². The quantitative estimate of drug-likeness (QED) is 0.838. The summed E-state index contributed by atoms with van der Waals surface area (Å²) >= 11 is 0. The van der Waals surface area contributed by atoms with E-state index in [1.54, 1.807) is 12.1 Å². The van der Waals surface area contributed by atoms with Crippen molar-refractivity contribution in [2.75, 3.05) is 31.1 Å². The van der Waals surface area contributed by atoms with Crippen LogP contribution in [0.15, 0.2) is 48.5 Å². The molecule has 0 bridgehead atoms. The molecule has 0 amide bonds. The van der Waals surface area contributed by atoms with Crippen LogP contribution >= 0.6 is 0 Å². The maximum atomic E-state index is 9.46. The van der Waals surface area contributed by atoms with Gasteiger partial charge < -0.3 is 10.0 Å². The predicted molar refractivity (Wildman–Crippen MR) is 113 cm³/mol. The molecule has 2 fully saturated rings. The normalized spacial score (nSPS) is 19.3. The van der Waals surface area contributed by atoms with Crippen molar-refractivity contribution in [3.8, 4) is 5.75 Å². The van der Waals surface area contributed by atoms with Crippen molar-refractivity contribution in [1.29, 1.82) is 0 Å². The first-order chi connectivity index (χ1) is 13.3. The van der Waals surface area contributed by atoms with Gasteiger partial charge in [0.1, 0.15) is 5.75 Å². The van der Waals surface area contributed by atoms with Crippen molar-refractivity contribution in [2.45, 2.75) is 51.0 Å². The third kappa shape index (κ3) is 4.65. The smallest absolute Gasteiger partial charge is 0.115 e. The fraction of sp³-hybridized carbons (Fsp3) is 0.500. The molecule has 27 heavy (non-hydrogen) atoms. The van der Waals surface area contributed by atoms with Gasteiger partial charge in [-0.25, -0.2) is 0 Å². The van der Waals surface area contributed by atoms with Crippen LogP contribution in [0, 0.1) is 0 Å². The molecule has 2 aromatic carbocycles. The van der Waals surface area contributed by atoms with Crippen LogP contribution in [0.3, 0.4) is 0 Å². The van der Waals surface area contributed by atoms with E-state index in [0.717, 1.165) is 32.0 Å². The van der Waals surface area contributed by atoms with Crippen molar-refractivity contribution in [1.82, 2.24) is 4.90 Å². The molecule has 4 rings (SSSR count). The van der Waals surface area contributed by atoms with Gasteiger partial charge in [-0.2, -0.15) is 0 Å². The molecule has 144 valence electrons. The zero-order valence-corrected chi connectivity index (χ0v) is 16.3. The van der Waals surface area contributed by atoms with Crippen molar-refractivity contribution >= 4 is 5.69 Å². The fourth-order valence-corrected chi connectivity index (χ4v) is 4.75. The second kappa shape index (κ2) is 8.79. The van der Waals surface area contributed by atoms with Crippen LogP contribution in [0.4, 0.5) is 5.69 Å². The number of aromatic hydroxyl groups is 1. The molecule has 1 aliphatic heterocycles. The molecule has 0 aromatic heterocycles. The third-order valence-electron chi connectivity index (χ3n) is 6.36. The fourth-order valence-electron chi connectivity index (χ4n) is 4.75. The van der Waals surface area contributed by atoms with Gasteiger partial charge in [-0.05, 0) is 55.0 Å². The number of benzene rings is 2. The number of anilines is 1. The Morgan fingerprint density at radius 1 is 0.778 bits per heavy atom. The minimum Gasteiger partial charge on any atom is -0.508 e. The summed E-state index contributed by atoms with van der Waals surface area (Å²) in [6, 6.07) is 17.4. The lowest BCUT2D eigenvalue weighted by atomic mass is 9.93. The highest BCUT2D eigenvalue weighted by molar-refractivity contribution is 5.54. The number of piperazine rings is 1. The highest BCUT2D eigenvalue weighted by atomic mass is 16.3. The molecular formula is C24H32N2O. The van der Waals surface area contributed by atoms with E-state index in [1.807, 2.05) is 12.1 Å². The topological polar surface area (TPSA) is 26.7 Å². The number of phenols is 1. The Kier molecular flexibility index (Phi) is 5.98. The summed E-state index contributed by atoms with van der Waals surface area (Å²) in [5, 5.41) is 9.46. The molecule has 3 heteroatoms. The van der Waals surface area contributed by atoms with E-state index in [-0.39, 0.29) is 0 Å². The number of para-hydroxylation sites is 1. The summed E-state index contributed by atoms with van der Waals surface area (Å²) in [5.41, 5.74) is 4.14. The minimum absolute atomic E-state index is 0.343. The Morgan fingerprint density at radius 3 is 2.22 bits per heavy atom. The SMILES string of the molecule is Oc1ccc(CCc2ccccc2N2CCN(C3CCCCC3)CC2)cc1. The van der Waals surface area contributed by atoms with Gasteiger partial charge >= 0.3 is 0 Å². The number of phenolic OH excluding ortho intramolecular Hbond substituents is 1. The van der Waals surface area contributed by atoms with Crippen molar-refractivity contribution in [2.24, 2.45) is 0 Å². The average molecular weight is 365 g/mol. The molecular weight excluding hydrogens is 332 g/mol. The number of hydrogen-bond donors (Lipinski definition) is 1. The van der Waals surface area contributed by atoms with E-state index in [1.165, 1.54) is 62.0 Å². The summed E-state index contributed by atoms with van der Waals surface area (Å²) in [6.45, 7) is 4.70. The van der Waals surface area contributed by atoms with Crippen LogP contribution < -0.4 is 4.90 Å². The summed E-state index contributed by atoms with van der Waals surface area (Å²) in [5.74, 6) is 0.343. The first kappa shape index (κ1) is 18.4. The van der Waals surface area contributed by atoms with Crippen molar-refractivity contribution in [3.63, 3.8) is 0 Å². The van der Waals surface area contributed by atoms with Gasteiger partial charge in [-0.3, -0.25) is 4.90 Å². The molecule has 2 aromatic rings. The van der Waals surface area contributed by atoms with E-state index in [4.69, 9.17) is 0 Å². The lowest BCUT2D eigenvalue weighted by Gasteiger charge is -2.42. The highest BCUT2D eigenvalue weighted by Crippen LogP contribution is 2.27. The second-order valence-corrected chi connectivity index (χ2v) is 8.11. The Labute approximate surface area is 163 Å². The lowest BCUT2D eigenvalue weighted by Crippen LogP contribution is -2.51. The standard InChI is InChI=1S/C24H32N2O/c27-23-14-11-20(12-15-23)10-13-21-6-4-5-9-24(21)26-18-16-25(17-19-26)22-7-2-1-3-8-22/h4-6,9,11-12,14-15,22,27H,1-3,7-8,10,13,16-19H2. The van der Waals surface area contributed by atoms with Crippen LogP contribution in [0.2, 0.25) is 0 Å². The van der Waals surface area contributed by atoms with Crippen LogP contribution in [0.5, 0.6) is 5.75 Å². The Balaban J connectivity index is 1.37. The Hall–Kier alpha value is -2.00. The maximum absolute atomic E-state index is 9.46. The highest BCUT2D eigenvalue weighted by Gasteiger charge is 2.25. The molecule has 0 unspecified atom stereocenters. The molecule has 0 atom stereocenters. The average Bonchev–Trinajstić information content (AvgIpc) is 2.74. The van der Waals surface area contributed by atoms with Crippen LogP contribution in [0.25, 0.3) is 0 Å². The van der Waals surface area contributed by atoms with Crippen LogP contribution in [-0.2, 0) is 12.8 Å². The minimum atomic E-state index is 0.343. The molecule has 1 heterocycles. The summed E-state index contributed by atoms with van der Waals surface area (Å²) in [6.07, 6.45) is 9.15. The molecule has 1 saturated carbocycles. The van der Waals surface area contributed by atoms with E-state index in [2.05, 4.69) is 34.1 Å². The van der Waals surface area contributed by atoms with Crippen LogP contribution in [0.1, 0.15) is 43.2 Å². The zero-order chi connectivity index (χ0) is 18.5. The molecule has 0 spiro atoms. The van der Waals surface area contributed by atoms with E-state index < -0.39 is 0 Å². The van der Waals surface area contributed by atoms with Crippen molar-refractivity contribution in [3.05, 3.63) is 59.7 Å². The monoisotopic (exact) mass is 364 g/mol. The number of nitrogens with zero attached hydrogens (tertiary/aromatic N) is 2.